The molecule has 3 heterocycles. The van der Waals surface area contributed by atoms with Crippen molar-refractivity contribution in [1.29, 1.82) is 0 Å². The summed E-state index contributed by atoms with van der Waals surface area (Å²) in [5.74, 6) is 0.0298. The highest BCUT2D eigenvalue weighted by molar-refractivity contribution is 5.95. The lowest BCUT2D eigenvalue weighted by molar-refractivity contribution is 0.0462. The Bertz CT molecular complexity index is 723. The normalized spacial score (nSPS) is 29.7. The third-order valence-electron chi connectivity index (χ3n) is 6.65. The van der Waals surface area contributed by atoms with E-state index in [-0.39, 0.29) is 18.0 Å². The summed E-state index contributed by atoms with van der Waals surface area (Å²) in [4.78, 5) is 29.4. The van der Waals surface area contributed by atoms with Crippen LogP contribution in [0.1, 0.15) is 54.9 Å². The third kappa shape index (κ3) is 3.75. The zero-order valence-electron chi connectivity index (χ0n) is 16.9. The molecule has 1 aromatic rings. The first-order valence-corrected chi connectivity index (χ1v) is 10.6. The van der Waals surface area contributed by atoms with E-state index in [0.29, 0.717) is 24.7 Å². The summed E-state index contributed by atoms with van der Waals surface area (Å²) in [5.41, 5.74) is 1.78. The topological polar surface area (TPSA) is 61.9 Å². The van der Waals surface area contributed by atoms with Crippen molar-refractivity contribution in [3.63, 3.8) is 0 Å². The molecule has 0 spiro atoms. The fraction of sp³-hybridized carbons (Fsp3) is 0.636. The molecule has 0 aliphatic carbocycles. The SMILES string of the molecule is CCOC(=O)N1C2CCC1CC(N1CC[C@H](NC(=O)c3ccccc3C)C1)C2. The Hall–Kier alpha value is -2.08. The highest BCUT2D eigenvalue weighted by atomic mass is 16.6. The molecule has 3 atom stereocenters. The van der Waals surface area contributed by atoms with E-state index in [2.05, 4.69) is 10.2 Å². The van der Waals surface area contributed by atoms with Gasteiger partial charge in [0.05, 0.1) is 6.61 Å². The molecule has 3 aliphatic heterocycles. The molecule has 6 nitrogen and oxygen atoms in total. The number of hydrogen-bond acceptors (Lipinski definition) is 4. The maximum Gasteiger partial charge on any atom is 0.410 e. The molecule has 0 aromatic heterocycles. The molecule has 1 aromatic carbocycles. The minimum atomic E-state index is -0.141. The van der Waals surface area contributed by atoms with Crippen LogP contribution in [-0.4, -0.2) is 65.7 Å². The van der Waals surface area contributed by atoms with Crippen LogP contribution in [0.4, 0.5) is 4.79 Å². The number of rotatable bonds is 4. The standard InChI is InChI=1S/C22H31N3O3/c1-3-28-22(27)25-17-8-9-18(25)13-19(12-17)24-11-10-16(14-24)23-21(26)20-7-5-4-6-15(20)2/h4-7,16-19H,3,8-14H2,1-2H3,(H,23,26)/t16-,17?,18?,19?/m0/s1. The van der Waals surface area contributed by atoms with Crippen LogP contribution in [0.25, 0.3) is 0 Å². The number of nitrogens with one attached hydrogen (secondary N) is 1. The van der Waals surface area contributed by atoms with Crippen molar-refractivity contribution in [3.05, 3.63) is 35.4 Å². The van der Waals surface area contributed by atoms with Gasteiger partial charge in [-0.1, -0.05) is 18.2 Å². The predicted octanol–water partition coefficient (Wildman–Crippen LogP) is 2.95. The fourth-order valence-corrected chi connectivity index (χ4v) is 5.27. The highest BCUT2D eigenvalue weighted by Crippen LogP contribution is 2.38. The second-order valence-corrected chi connectivity index (χ2v) is 8.39. The number of carbonyl (C=O) groups is 2. The molecule has 0 saturated carbocycles. The summed E-state index contributed by atoms with van der Waals surface area (Å²) in [6, 6.07) is 9.06. The number of ether oxygens (including phenoxy) is 1. The number of piperidine rings is 1. The van der Waals surface area contributed by atoms with Crippen LogP contribution in [-0.2, 0) is 4.74 Å². The van der Waals surface area contributed by atoms with Crippen molar-refractivity contribution < 1.29 is 14.3 Å². The van der Waals surface area contributed by atoms with E-state index >= 15 is 0 Å². The number of nitrogens with zero attached hydrogens (tertiary/aromatic N) is 2. The van der Waals surface area contributed by atoms with Gasteiger partial charge in [-0.25, -0.2) is 4.79 Å². The molecule has 2 amide bonds. The van der Waals surface area contributed by atoms with Crippen LogP contribution in [0.2, 0.25) is 0 Å². The molecule has 28 heavy (non-hydrogen) atoms. The quantitative estimate of drug-likeness (QED) is 0.866. The average molecular weight is 386 g/mol. The van der Waals surface area contributed by atoms with Crippen LogP contribution in [0, 0.1) is 6.92 Å². The summed E-state index contributed by atoms with van der Waals surface area (Å²) < 4.78 is 5.26. The number of aryl methyl sites for hydroxylation is 1. The molecule has 3 aliphatic rings. The lowest BCUT2D eigenvalue weighted by Crippen LogP contribution is -2.52. The van der Waals surface area contributed by atoms with Crippen LogP contribution < -0.4 is 5.32 Å². The molecule has 152 valence electrons. The molecule has 6 heteroatoms. The van der Waals surface area contributed by atoms with Crippen molar-refractivity contribution in [2.75, 3.05) is 19.7 Å². The van der Waals surface area contributed by atoms with Gasteiger partial charge < -0.3 is 15.0 Å². The summed E-state index contributed by atoms with van der Waals surface area (Å²) in [6.07, 6.45) is 5.06. The molecule has 0 radical (unpaired) electrons. The Balaban J connectivity index is 1.32. The maximum absolute atomic E-state index is 12.6. The van der Waals surface area contributed by atoms with E-state index < -0.39 is 0 Å². The van der Waals surface area contributed by atoms with E-state index in [0.717, 1.165) is 56.3 Å². The minimum absolute atomic E-state index is 0.0298. The number of benzene rings is 1. The Morgan fingerprint density at radius 1 is 1.11 bits per heavy atom. The van der Waals surface area contributed by atoms with E-state index in [1.807, 2.05) is 43.0 Å². The van der Waals surface area contributed by atoms with Gasteiger partial charge in [-0.3, -0.25) is 9.69 Å². The van der Waals surface area contributed by atoms with Crippen LogP contribution in [0.5, 0.6) is 0 Å². The Kier molecular flexibility index (Phi) is 5.58. The smallest absolute Gasteiger partial charge is 0.410 e. The van der Waals surface area contributed by atoms with Gasteiger partial charge >= 0.3 is 6.09 Å². The van der Waals surface area contributed by atoms with Gasteiger partial charge in [-0.05, 0) is 57.6 Å². The molecular weight excluding hydrogens is 354 g/mol. The van der Waals surface area contributed by atoms with Crippen molar-refractivity contribution in [2.45, 2.75) is 70.1 Å². The first kappa shape index (κ1) is 19.2. The van der Waals surface area contributed by atoms with Crippen LogP contribution in [0.3, 0.4) is 0 Å². The second-order valence-electron chi connectivity index (χ2n) is 8.39. The first-order valence-electron chi connectivity index (χ1n) is 10.6. The summed E-state index contributed by atoms with van der Waals surface area (Å²) in [6.45, 7) is 6.20. The number of amides is 2. The monoisotopic (exact) mass is 385 g/mol. The summed E-state index contributed by atoms with van der Waals surface area (Å²) in [5, 5.41) is 3.22. The number of likely N-dealkylation sites (tertiary alicyclic amines) is 1. The Labute approximate surface area is 167 Å². The van der Waals surface area contributed by atoms with Gasteiger partial charge in [0.2, 0.25) is 0 Å². The lowest BCUT2D eigenvalue weighted by Gasteiger charge is -2.41. The van der Waals surface area contributed by atoms with Crippen molar-refractivity contribution in [3.8, 4) is 0 Å². The van der Waals surface area contributed by atoms with Gasteiger partial charge in [0.15, 0.2) is 0 Å². The van der Waals surface area contributed by atoms with Crippen molar-refractivity contribution >= 4 is 12.0 Å². The number of fused-ring (bicyclic) bond motifs is 2. The van der Waals surface area contributed by atoms with E-state index in [9.17, 15) is 9.59 Å². The van der Waals surface area contributed by atoms with Gasteiger partial charge in [-0.2, -0.15) is 0 Å². The zero-order valence-corrected chi connectivity index (χ0v) is 16.9. The van der Waals surface area contributed by atoms with Crippen molar-refractivity contribution in [2.24, 2.45) is 0 Å². The molecule has 3 fully saturated rings. The Morgan fingerprint density at radius 3 is 2.50 bits per heavy atom. The molecule has 3 saturated heterocycles. The Morgan fingerprint density at radius 2 is 1.82 bits per heavy atom. The van der Waals surface area contributed by atoms with Gasteiger partial charge in [0, 0.05) is 42.8 Å². The number of carbonyl (C=O) groups excluding carboxylic acids is 2. The average Bonchev–Trinajstić information content (AvgIpc) is 3.24. The molecular formula is C22H31N3O3. The second kappa shape index (κ2) is 8.11. The molecule has 4 rings (SSSR count). The van der Waals surface area contributed by atoms with Gasteiger partial charge in [-0.15, -0.1) is 0 Å². The van der Waals surface area contributed by atoms with Gasteiger partial charge in [0.1, 0.15) is 0 Å². The predicted molar refractivity (Wildman–Crippen MR) is 107 cm³/mol. The third-order valence-corrected chi connectivity index (χ3v) is 6.65. The number of hydrogen-bond donors (Lipinski definition) is 1. The van der Waals surface area contributed by atoms with Crippen LogP contribution >= 0.6 is 0 Å². The van der Waals surface area contributed by atoms with Crippen molar-refractivity contribution in [1.82, 2.24) is 15.1 Å². The maximum atomic E-state index is 12.6. The van der Waals surface area contributed by atoms with E-state index in [1.165, 1.54) is 0 Å². The van der Waals surface area contributed by atoms with E-state index in [4.69, 9.17) is 4.74 Å². The van der Waals surface area contributed by atoms with Gasteiger partial charge in [0.25, 0.3) is 5.91 Å². The fourth-order valence-electron chi connectivity index (χ4n) is 5.27. The van der Waals surface area contributed by atoms with E-state index in [1.54, 1.807) is 0 Å². The molecule has 2 bridgehead atoms. The lowest BCUT2D eigenvalue weighted by atomic mass is 9.96. The summed E-state index contributed by atoms with van der Waals surface area (Å²) in [7, 11) is 0. The minimum Gasteiger partial charge on any atom is -0.450 e. The zero-order chi connectivity index (χ0) is 19.7. The van der Waals surface area contributed by atoms with Crippen LogP contribution in [0.15, 0.2) is 24.3 Å². The molecule has 1 N–H and O–H groups in total. The highest BCUT2D eigenvalue weighted by Gasteiger charge is 2.46. The largest absolute Gasteiger partial charge is 0.450 e. The molecule has 2 unspecified atom stereocenters. The summed E-state index contributed by atoms with van der Waals surface area (Å²) >= 11 is 0. The first-order chi connectivity index (χ1) is 13.6.